The molecule has 1 spiro atoms. The highest BCUT2D eigenvalue weighted by molar-refractivity contribution is 6.00. The van der Waals surface area contributed by atoms with Crippen molar-refractivity contribution in [1.82, 2.24) is 4.90 Å². The Morgan fingerprint density at radius 1 is 1.15 bits per heavy atom. The first-order chi connectivity index (χ1) is 9.62. The van der Waals surface area contributed by atoms with Crippen LogP contribution < -0.4 is 10.0 Å². The molecule has 0 saturated carbocycles. The summed E-state index contributed by atoms with van der Waals surface area (Å²) < 4.78 is 0. The van der Waals surface area contributed by atoms with Gasteiger partial charge in [0.25, 0.3) is 0 Å². The van der Waals surface area contributed by atoms with Gasteiger partial charge in [-0.3, -0.25) is 4.79 Å². The van der Waals surface area contributed by atoms with Crippen LogP contribution in [0.5, 0.6) is 0 Å². The second-order valence-electron chi connectivity index (χ2n) is 5.61. The minimum absolute atomic E-state index is 0.0506. The van der Waals surface area contributed by atoms with Gasteiger partial charge in [-0.25, -0.2) is 0 Å². The van der Waals surface area contributed by atoms with Crippen molar-refractivity contribution >= 4 is 17.7 Å². The summed E-state index contributed by atoms with van der Waals surface area (Å²) in [6.07, 6.45) is 1.03. The molecule has 1 unspecified atom stereocenters. The summed E-state index contributed by atoms with van der Waals surface area (Å²) in [5.74, 6) is 0.0506. The van der Waals surface area contributed by atoms with Crippen LogP contribution in [0.25, 0.3) is 0 Å². The van der Waals surface area contributed by atoms with Gasteiger partial charge in [-0.05, 0) is 31.4 Å². The minimum Gasteiger partial charge on any atom is -0.530 e. The molecule has 0 N–H and O–H groups in total. The average Bonchev–Trinajstić information content (AvgIpc) is 2.77. The fourth-order valence-electron chi connectivity index (χ4n) is 3.34. The lowest BCUT2D eigenvalue weighted by Crippen LogP contribution is -2.53. The Morgan fingerprint density at radius 3 is 2.60 bits per heavy atom. The summed E-state index contributed by atoms with van der Waals surface area (Å²) in [7, 11) is 0. The van der Waals surface area contributed by atoms with Crippen molar-refractivity contribution in [3.8, 4) is 0 Å². The predicted molar refractivity (Wildman–Crippen MR) is 72.0 cm³/mol. The summed E-state index contributed by atoms with van der Waals surface area (Å²) in [4.78, 5) is 26.8. The molecule has 3 rings (SSSR count). The summed E-state index contributed by atoms with van der Waals surface area (Å²) in [5.41, 5.74) is 0.341. The Bertz CT molecular complexity index is 531. The molecule has 0 aromatic heterocycles. The zero-order valence-electron chi connectivity index (χ0n) is 11.2. The first kappa shape index (κ1) is 13.0. The molecule has 2 aliphatic rings. The van der Waals surface area contributed by atoms with Crippen LogP contribution in [0.2, 0.25) is 0 Å². The molecule has 0 bridgehead atoms. The summed E-state index contributed by atoms with van der Waals surface area (Å²) in [6, 6.07) is 9.55. The lowest BCUT2D eigenvalue weighted by atomic mass is 9.78. The van der Waals surface area contributed by atoms with E-state index in [4.69, 9.17) is 0 Å². The average molecular weight is 273 g/mol. The molecule has 2 fully saturated rings. The van der Waals surface area contributed by atoms with E-state index in [0.29, 0.717) is 19.5 Å². The van der Waals surface area contributed by atoms with Gasteiger partial charge in [0.1, 0.15) is 6.09 Å². The van der Waals surface area contributed by atoms with Gasteiger partial charge in [0, 0.05) is 25.3 Å². The Balaban J connectivity index is 1.83. The number of nitrogens with zero attached hydrogens (tertiary/aromatic N) is 2. The molecule has 1 aromatic carbocycles. The second-order valence-corrected chi connectivity index (χ2v) is 5.61. The van der Waals surface area contributed by atoms with E-state index < -0.39 is 11.5 Å². The first-order valence-electron chi connectivity index (χ1n) is 6.95. The number of anilines is 1. The zero-order chi connectivity index (χ0) is 14.2. The maximum Gasteiger partial charge on any atom is 0.235 e. The smallest absolute Gasteiger partial charge is 0.235 e. The van der Waals surface area contributed by atoms with Crippen molar-refractivity contribution in [3.63, 3.8) is 0 Å². The molecular weight excluding hydrogens is 256 g/mol. The maximum absolute atomic E-state index is 12.7. The lowest BCUT2D eigenvalue weighted by Gasteiger charge is -2.40. The monoisotopic (exact) mass is 273 g/mol. The molecule has 106 valence electrons. The van der Waals surface area contributed by atoms with E-state index in [-0.39, 0.29) is 12.5 Å². The fourth-order valence-corrected chi connectivity index (χ4v) is 3.34. The molecule has 0 aliphatic carbocycles. The number of likely N-dealkylation sites (tertiary alicyclic amines) is 1. The standard InChI is InChI=1S/C15H18N2O3/c18-13-15(7-4-9-16(11-15)14(19)20)8-10-17(13)12-5-2-1-3-6-12/h1-3,5-6H,4,7-11H2,(H,19,20)/p-1. The van der Waals surface area contributed by atoms with Crippen molar-refractivity contribution in [2.75, 3.05) is 24.5 Å². The van der Waals surface area contributed by atoms with Crippen molar-refractivity contribution in [2.45, 2.75) is 19.3 Å². The van der Waals surface area contributed by atoms with Gasteiger partial charge in [0.05, 0.1) is 5.41 Å². The Labute approximate surface area is 117 Å². The van der Waals surface area contributed by atoms with E-state index in [1.807, 2.05) is 30.3 Å². The summed E-state index contributed by atoms with van der Waals surface area (Å²) in [5, 5.41) is 11.0. The summed E-state index contributed by atoms with van der Waals surface area (Å²) >= 11 is 0. The van der Waals surface area contributed by atoms with Crippen LogP contribution in [0.1, 0.15) is 19.3 Å². The van der Waals surface area contributed by atoms with Gasteiger partial charge in [-0.15, -0.1) is 0 Å². The number of benzene rings is 1. The molecule has 2 saturated heterocycles. The van der Waals surface area contributed by atoms with Gasteiger partial charge in [-0.2, -0.15) is 0 Å². The molecule has 1 aromatic rings. The van der Waals surface area contributed by atoms with E-state index in [1.54, 1.807) is 4.90 Å². The number of rotatable bonds is 1. The van der Waals surface area contributed by atoms with E-state index >= 15 is 0 Å². The zero-order valence-corrected chi connectivity index (χ0v) is 11.2. The molecule has 2 amide bonds. The third-order valence-electron chi connectivity index (χ3n) is 4.42. The molecule has 5 nitrogen and oxygen atoms in total. The minimum atomic E-state index is -1.17. The van der Waals surface area contributed by atoms with Crippen LogP contribution in [0, 0.1) is 5.41 Å². The van der Waals surface area contributed by atoms with Gasteiger partial charge in [0.2, 0.25) is 5.91 Å². The highest BCUT2D eigenvalue weighted by atomic mass is 16.4. The normalized spacial score (nSPS) is 26.3. The summed E-state index contributed by atoms with van der Waals surface area (Å²) in [6.45, 7) is 1.41. The maximum atomic E-state index is 12.7. The molecule has 1 atom stereocenters. The number of carbonyl (C=O) groups is 2. The van der Waals surface area contributed by atoms with Crippen LogP contribution >= 0.6 is 0 Å². The van der Waals surface area contributed by atoms with Crippen molar-refractivity contribution < 1.29 is 14.7 Å². The van der Waals surface area contributed by atoms with Crippen molar-refractivity contribution in [3.05, 3.63) is 30.3 Å². The second kappa shape index (κ2) is 4.81. The number of carboxylic acid groups (broad SMARTS) is 1. The van der Waals surface area contributed by atoms with Crippen molar-refractivity contribution in [2.24, 2.45) is 5.41 Å². The lowest BCUT2D eigenvalue weighted by molar-refractivity contribution is -0.267. The van der Waals surface area contributed by atoms with Gasteiger partial charge in [-0.1, -0.05) is 18.2 Å². The Morgan fingerprint density at radius 2 is 1.90 bits per heavy atom. The molecule has 2 heterocycles. The van der Waals surface area contributed by atoms with Gasteiger partial charge < -0.3 is 19.7 Å². The van der Waals surface area contributed by atoms with Crippen LogP contribution in [0.15, 0.2) is 30.3 Å². The number of piperidine rings is 1. The van der Waals surface area contributed by atoms with E-state index in [0.717, 1.165) is 18.5 Å². The largest absolute Gasteiger partial charge is 0.530 e. The van der Waals surface area contributed by atoms with E-state index in [9.17, 15) is 14.7 Å². The third kappa shape index (κ3) is 2.03. The number of carbonyl (C=O) groups excluding carboxylic acids is 2. The topological polar surface area (TPSA) is 63.7 Å². The number of hydrogen-bond acceptors (Lipinski definition) is 3. The highest BCUT2D eigenvalue weighted by Crippen LogP contribution is 2.41. The molecular formula is C15H17N2O3-. The molecule has 0 radical (unpaired) electrons. The molecule has 5 heteroatoms. The van der Waals surface area contributed by atoms with E-state index in [1.165, 1.54) is 4.90 Å². The van der Waals surface area contributed by atoms with Crippen LogP contribution in [-0.2, 0) is 4.79 Å². The van der Waals surface area contributed by atoms with Crippen LogP contribution in [0.4, 0.5) is 10.5 Å². The highest BCUT2D eigenvalue weighted by Gasteiger charge is 2.49. The number of para-hydroxylation sites is 1. The third-order valence-corrected chi connectivity index (χ3v) is 4.42. The molecule has 20 heavy (non-hydrogen) atoms. The SMILES string of the molecule is O=C([O-])N1CCCC2(CCN(c3ccccc3)C2=O)C1. The van der Waals surface area contributed by atoms with Gasteiger partial charge >= 0.3 is 0 Å². The van der Waals surface area contributed by atoms with Crippen LogP contribution in [0.3, 0.4) is 0 Å². The predicted octanol–water partition coefficient (Wildman–Crippen LogP) is 0.849. The number of amides is 2. The van der Waals surface area contributed by atoms with E-state index in [2.05, 4.69) is 0 Å². The van der Waals surface area contributed by atoms with Crippen LogP contribution in [-0.4, -0.2) is 36.5 Å². The number of hydrogen-bond donors (Lipinski definition) is 0. The van der Waals surface area contributed by atoms with Gasteiger partial charge in [0.15, 0.2) is 0 Å². The Hall–Kier alpha value is -2.04. The Kier molecular flexibility index (Phi) is 3.12. The first-order valence-corrected chi connectivity index (χ1v) is 6.95. The molecule has 2 aliphatic heterocycles. The fraction of sp³-hybridized carbons (Fsp3) is 0.467. The quantitative estimate of drug-likeness (QED) is 0.762. The van der Waals surface area contributed by atoms with Crippen molar-refractivity contribution in [1.29, 1.82) is 0 Å².